The Morgan fingerprint density at radius 2 is 1.50 bits per heavy atom. The molecule has 0 aromatic heterocycles. The van der Waals surface area contributed by atoms with Gasteiger partial charge in [-0.05, 0) is 61.4 Å². The summed E-state index contributed by atoms with van der Waals surface area (Å²) >= 11 is 0. The van der Waals surface area contributed by atoms with Gasteiger partial charge in [-0.15, -0.1) is 0 Å². The van der Waals surface area contributed by atoms with Gasteiger partial charge in [0.1, 0.15) is 11.8 Å². The predicted octanol–water partition coefficient (Wildman–Crippen LogP) is 5.02. The van der Waals surface area contributed by atoms with Crippen LogP contribution in [0, 0.1) is 12.8 Å². The van der Waals surface area contributed by atoms with Crippen molar-refractivity contribution in [3.05, 3.63) is 95.6 Å². The van der Waals surface area contributed by atoms with Crippen molar-refractivity contribution in [1.29, 1.82) is 0 Å². The number of amides is 2. The lowest BCUT2D eigenvalue weighted by atomic mass is 9.98. The number of esters is 1. The van der Waals surface area contributed by atoms with Gasteiger partial charge in [-0.25, -0.2) is 4.79 Å². The third-order valence-electron chi connectivity index (χ3n) is 5.84. The van der Waals surface area contributed by atoms with Crippen LogP contribution in [0.1, 0.15) is 46.5 Å². The molecule has 3 rings (SSSR count). The normalized spacial score (nSPS) is 12.4. The van der Waals surface area contributed by atoms with Crippen molar-refractivity contribution in [2.45, 2.75) is 33.2 Å². The Morgan fingerprint density at radius 1 is 0.882 bits per heavy atom. The van der Waals surface area contributed by atoms with Crippen molar-refractivity contribution in [3.8, 4) is 5.75 Å². The number of anilines is 1. The molecule has 0 aliphatic rings. The van der Waals surface area contributed by atoms with Gasteiger partial charge < -0.3 is 15.0 Å². The number of ether oxygens (including phenoxy) is 1. The van der Waals surface area contributed by atoms with Gasteiger partial charge in [-0.1, -0.05) is 56.2 Å². The molecular weight excluding hydrogens is 428 g/mol. The zero-order valence-corrected chi connectivity index (χ0v) is 19.9. The minimum atomic E-state index is -0.789. The van der Waals surface area contributed by atoms with E-state index in [0.717, 1.165) is 5.56 Å². The maximum atomic E-state index is 12.9. The zero-order valence-electron chi connectivity index (χ0n) is 19.9. The molecule has 0 saturated carbocycles. The lowest BCUT2D eigenvalue weighted by molar-refractivity contribution is -0.137. The van der Waals surface area contributed by atoms with E-state index >= 15 is 0 Å². The van der Waals surface area contributed by atoms with Gasteiger partial charge in [0, 0.05) is 23.9 Å². The fourth-order valence-corrected chi connectivity index (χ4v) is 3.41. The summed E-state index contributed by atoms with van der Waals surface area (Å²) in [4.78, 5) is 39.8. The smallest absolute Gasteiger partial charge is 0.334 e. The molecular formula is C28H30N2O4. The third kappa shape index (κ3) is 6.10. The van der Waals surface area contributed by atoms with Gasteiger partial charge in [0.25, 0.3) is 11.8 Å². The summed E-state index contributed by atoms with van der Waals surface area (Å²) in [6.45, 7) is 5.82. The van der Waals surface area contributed by atoms with Crippen LogP contribution in [0.3, 0.4) is 0 Å². The summed E-state index contributed by atoms with van der Waals surface area (Å²) in [5.41, 5.74) is 2.82. The molecule has 0 radical (unpaired) electrons. The Labute approximate surface area is 200 Å². The van der Waals surface area contributed by atoms with Crippen LogP contribution in [0.15, 0.2) is 78.9 Å². The van der Waals surface area contributed by atoms with Crippen molar-refractivity contribution >= 4 is 23.5 Å². The molecule has 0 aliphatic carbocycles. The van der Waals surface area contributed by atoms with Gasteiger partial charge >= 0.3 is 5.97 Å². The Balaban J connectivity index is 1.68. The number of aryl methyl sites for hydroxylation is 1. The maximum absolute atomic E-state index is 12.9. The molecule has 0 saturated heterocycles. The molecule has 2 amide bonds. The Bertz CT molecular complexity index is 1130. The van der Waals surface area contributed by atoms with Crippen LogP contribution in [0.5, 0.6) is 5.75 Å². The number of carbonyl (C=O) groups excluding carboxylic acids is 3. The summed E-state index contributed by atoms with van der Waals surface area (Å²) in [6, 6.07) is 22.1. The van der Waals surface area contributed by atoms with Crippen molar-refractivity contribution < 1.29 is 19.1 Å². The highest BCUT2D eigenvalue weighted by Crippen LogP contribution is 2.22. The van der Waals surface area contributed by atoms with Gasteiger partial charge in [0.2, 0.25) is 0 Å². The number of carbonyl (C=O) groups is 3. The van der Waals surface area contributed by atoms with E-state index in [2.05, 4.69) is 5.32 Å². The van der Waals surface area contributed by atoms with Crippen molar-refractivity contribution in [2.75, 3.05) is 11.9 Å². The predicted molar refractivity (Wildman–Crippen MR) is 133 cm³/mol. The first kappa shape index (κ1) is 24.7. The van der Waals surface area contributed by atoms with Crippen molar-refractivity contribution in [1.82, 2.24) is 5.32 Å². The van der Waals surface area contributed by atoms with E-state index in [0.29, 0.717) is 29.0 Å². The zero-order chi connectivity index (χ0) is 24.7. The second kappa shape index (κ2) is 11.3. The standard InChI is InChI=1S/C28H30N2O4/c1-5-20(3)25(29-26(31)21-9-7-6-8-10-21)28(33)34-24-17-15-23(16-18-24)30(4)27(32)22-13-11-19(2)12-14-22/h6-18,20,25H,5H2,1-4H3,(H,29,31)/t20-,25-/m0/s1. The number of nitrogens with one attached hydrogen (secondary N) is 1. The van der Waals surface area contributed by atoms with Gasteiger partial charge in [0.05, 0.1) is 0 Å². The van der Waals surface area contributed by atoms with Crippen LogP contribution < -0.4 is 15.0 Å². The topological polar surface area (TPSA) is 75.7 Å². The molecule has 0 unspecified atom stereocenters. The second-order valence-electron chi connectivity index (χ2n) is 8.35. The largest absolute Gasteiger partial charge is 0.425 e. The van der Waals surface area contributed by atoms with Gasteiger partial charge in [-0.2, -0.15) is 0 Å². The van der Waals surface area contributed by atoms with Crippen molar-refractivity contribution in [2.24, 2.45) is 5.92 Å². The summed E-state index contributed by atoms with van der Waals surface area (Å²) in [5, 5.41) is 2.80. The molecule has 2 atom stereocenters. The Morgan fingerprint density at radius 3 is 2.09 bits per heavy atom. The molecule has 0 fully saturated rings. The molecule has 1 N–H and O–H groups in total. The molecule has 34 heavy (non-hydrogen) atoms. The van der Waals surface area contributed by atoms with E-state index in [1.54, 1.807) is 67.7 Å². The number of hydrogen-bond acceptors (Lipinski definition) is 4. The van der Waals surface area contributed by atoms with E-state index in [4.69, 9.17) is 4.74 Å². The molecule has 0 aliphatic heterocycles. The molecule has 6 heteroatoms. The van der Waals surface area contributed by atoms with Crippen LogP contribution >= 0.6 is 0 Å². The summed E-state index contributed by atoms with van der Waals surface area (Å²) in [6.07, 6.45) is 0.694. The maximum Gasteiger partial charge on any atom is 0.334 e. The fraction of sp³-hybridized carbons (Fsp3) is 0.250. The Hall–Kier alpha value is -3.93. The number of nitrogens with zero attached hydrogens (tertiary/aromatic N) is 1. The van der Waals surface area contributed by atoms with Crippen molar-refractivity contribution in [3.63, 3.8) is 0 Å². The molecule has 6 nitrogen and oxygen atoms in total. The quantitative estimate of drug-likeness (QED) is 0.380. The molecule has 0 heterocycles. The van der Waals surface area contributed by atoms with E-state index < -0.39 is 12.0 Å². The molecule has 3 aromatic carbocycles. The summed E-state index contributed by atoms with van der Waals surface area (Å²) < 4.78 is 5.57. The SMILES string of the molecule is CC[C@H](C)[C@H](NC(=O)c1ccccc1)C(=O)Oc1ccc(N(C)C(=O)c2ccc(C)cc2)cc1. The highest BCUT2D eigenvalue weighted by atomic mass is 16.5. The van der Waals surface area contributed by atoms with Crippen LogP contribution in [0.2, 0.25) is 0 Å². The number of rotatable bonds is 8. The fourth-order valence-electron chi connectivity index (χ4n) is 3.41. The molecule has 3 aromatic rings. The van der Waals surface area contributed by atoms with E-state index in [9.17, 15) is 14.4 Å². The lowest BCUT2D eigenvalue weighted by Crippen LogP contribution is -2.47. The lowest BCUT2D eigenvalue weighted by Gasteiger charge is -2.23. The Kier molecular flexibility index (Phi) is 8.19. The second-order valence-corrected chi connectivity index (χ2v) is 8.35. The van der Waals surface area contributed by atoms with E-state index in [1.165, 1.54) is 4.90 Å². The van der Waals surface area contributed by atoms with E-state index in [1.807, 2.05) is 39.0 Å². The summed E-state index contributed by atoms with van der Waals surface area (Å²) in [7, 11) is 1.70. The minimum Gasteiger partial charge on any atom is -0.425 e. The van der Waals surface area contributed by atoms with Crippen LogP contribution in [-0.4, -0.2) is 30.9 Å². The molecule has 0 bridgehead atoms. The summed E-state index contributed by atoms with van der Waals surface area (Å²) in [5.74, 6) is -0.764. The first-order chi connectivity index (χ1) is 16.3. The number of benzene rings is 3. The first-order valence-electron chi connectivity index (χ1n) is 11.3. The average molecular weight is 459 g/mol. The number of hydrogen-bond donors (Lipinski definition) is 1. The monoisotopic (exact) mass is 458 g/mol. The van der Waals surface area contributed by atoms with Gasteiger partial charge in [0.15, 0.2) is 0 Å². The average Bonchev–Trinajstić information content (AvgIpc) is 2.87. The highest BCUT2D eigenvalue weighted by molar-refractivity contribution is 6.05. The highest BCUT2D eigenvalue weighted by Gasteiger charge is 2.28. The van der Waals surface area contributed by atoms with Gasteiger partial charge in [-0.3, -0.25) is 9.59 Å². The third-order valence-corrected chi connectivity index (χ3v) is 5.84. The molecule has 176 valence electrons. The van der Waals surface area contributed by atoms with Crippen LogP contribution in [0.25, 0.3) is 0 Å². The van der Waals surface area contributed by atoms with Crippen LogP contribution in [-0.2, 0) is 4.79 Å². The molecule has 0 spiro atoms. The van der Waals surface area contributed by atoms with Crippen LogP contribution in [0.4, 0.5) is 5.69 Å². The minimum absolute atomic E-state index is 0.113. The first-order valence-corrected chi connectivity index (χ1v) is 11.3. The van der Waals surface area contributed by atoms with E-state index in [-0.39, 0.29) is 17.7 Å².